The van der Waals surface area contributed by atoms with Crippen molar-refractivity contribution in [2.75, 3.05) is 7.11 Å². The second-order valence-electron chi connectivity index (χ2n) is 7.27. The number of hydrogen-bond donors (Lipinski definition) is 5. The molecule has 0 aliphatic carbocycles. The van der Waals surface area contributed by atoms with Crippen LogP contribution in [-0.2, 0) is 14.2 Å². The monoisotopic (exact) mass is 416 g/mol. The quantitative estimate of drug-likeness (QED) is 0.394. The van der Waals surface area contributed by atoms with Gasteiger partial charge in [0.15, 0.2) is 6.29 Å². The summed E-state index contributed by atoms with van der Waals surface area (Å²) in [6, 6.07) is 6.63. The Morgan fingerprint density at radius 1 is 0.690 bits per heavy atom. The van der Waals surface area contributed by atoms with Crippen LogP contribution in [0.5, 0.6) is 11.5 Å². The van der Waals surface area contributed by atoms with Gasteiger partial charge in [-0.05, 0) is 38.1 Å². The molecule has 0 amide bonds. The van der Waals surface area contributed by atoms with Crippen molar-refractivity contribution in [3.05, 3.63) is 24.3 Å². The van der Waals surface area contributed by atoms with Crippen molar-refractivity contribution < 1.29 is 49.2 Å². The van der Waals surface area contributed by atoms with Crippen LogP contribution in [0.15, 0.2) is 24.3 Å². The van der Waals surface area contributed by atoms with Gasteiger partial charge in [0, 0.05) is 0 Å². The molecule has 0 spiro atoms. The highest BCUT2D eigenvalue weighted by Crippen LogP contribution is 2.30. The molecule has 2 fully saturated rings. The van der Waals surface area contributed by atoms with E-state index in [9.17, 15) is 25.5 Å². The smallest absolute Gasteiger partial charge is 0.229 e. The van der Waals surface area contributed by atoms with Gasteiger partial charge in [-0.2, -0.15) is 0 Å². The van der Waals surface area contributed by atoms with Crippen molar-refractivity contribution in [2.24, 2.45) is 0 Å². The number of ether oxygens (including phenoxy) is 5. The maximum absolute atomic E-state index is 10.5. The van der Waals surface area contributed by atoms with Crippen LogP contribution in [0.2, 0.25) is 0 Å². The van der Waals surface area contributed by atoms with Gasteiger partial charge in [-0.15, -0.1) is 0 Å². The van der Waals surface area contributed by atoms with Crippen LogP contribution in [0.3, 0.4) is 0 Å². The largest absolute Gasteiger partial charge is 0.497 e. The Labute approximate surface area is 168 Å². The number of hydrogen-bond acceptors (Lipinski definition) is 10. The number of aliphatic hydroxyl groups is 5. The normalized spacial score (nSPS) is 43.0. The van der Waals surface area contributed by atoms with Gasteiger partial charge in [0.05, 0.1) is 19.3 Å². The fourth-order valence-corrected chi connectivity index (χ4v) is 3.36. The fraction of sp³-hybridized carbons (Fsp3) is 0.684. The molecule has 10 nitrogen and oxygen atoms in total. The first-order valence-corrected chi connectivity index (χ1v) is 9.40. The van der Waals surface area contributed by atoms with E-state index in [2.05, 4.69) is 0 Å². The maximum Gasteiger partial charge on any atom is 0.229 e. The average Bonchev–Trinajstić information content (AvgIpc) is 2.71. The topological polar surface area (TPSA) is 147 Å². The average molecular weight is 416 g/mol. The SMILES string of the molecule is COc1ccc(O[C@@H]2O[C@@H](C)[C@@H](O[C@@H]3O[C@@H](C)[C@H](O)[C@@H](O)[C@H]3O)[C@@H](O)[C@@H]2O)cc1. The maximum atomic E-state index is 10.5. The summed E-state index contributed by atoms with van der Waals surface area (Å²) in [4.78, 5) is 0. The molecule has 1 aromatic carbocycles. The van der Waals surface area contributed by atoms with Crippen LogP contribution in [0, 0.1) is 0 Å². The molecular weight excluding hydrogens is 388 g/mol. The predicted octanol–water partition coefficient (Wildman–Crippen LogP) is -1.25. The molecule has 5 N–H and O–H groups in total. The summed E-state index contributed by atoms with van der Waals surface area (Å²) in [6.45, 7) is 3.12. The van der Waals surface area contributed by atoms with E-state index in [0.717, 1.165) is 0 Å². The summed E-state index contributed by atoms with van der Waals surface area (Å²) in [5.41, 5.74) is 0. The van der Waals surface area contributed by atoms with E-state index >= 15 is 0 Å². The minimum absolute atomic E-state index is 0.408. The fourth-order valence-electron chi connectivity index (χ4n) is 3.36. The van der Waals surface area contributed by atoms with Crippen LogP contribution in [0.4, 0.5) is 0 Å². The first-order chi connectivity index (χ1) is 13.7. The highest BCUT2D eigenvalue weighted by Gasteiger charge is 2.49. The Morgan fingerprint density at radius 2 is 1.24 bits per heavy atom. The van der Waals surface area contributed by atoms with E-state index in [-0.39, 0.29) is 0 Å². The highest BCUT2D eigenvalue weighted by atomic mass is 16.7. The molecule has 2 saturated heterocycles. The van der Waals surface area contributed by atoms with Gasteiger partial charge < -0.3 is 49.2 Å². The Kier molecular flexibility index (Phi) is 6.97. The lowest BCUT2D eigenvalue weighted by molar-refractivity contribution is -0.345. The van der Waals surface area contributed by atoms with Crippen molar-refractivity contribution in [3.8, 4) is 11.5 Å². The number of methoxy groups -OCH3 is 1. The van der Waals surface area contributed by atoms with Crippen molar-refractivity contribution in [1.82, 2.24) is 0 Å². The zero-order valence-corrected chi connectivity index (χ0v) is 16.4. The third-order valence-corrected chi connectivity index (χ3v) is 5.19. The molecule has 0 saturated carbocycles. The van der Waals surface area contributed by atoms with Crippen molar-refractivity contribution in [2.45, 2.75) is 75.3 Å². The summed E-state index contributed by atoms with van der Waals surface area (Å²) >= 11 is 0. The minimum Gasteiger partial charge on any atom is -0.497 e. The summed E-state index contributed by atoms with van der Waals surface area (Å²) in [5, 5.41) is 50.7. The highest BCUT2D eigenvalue weighted by molar-refractivity contribution is 5.31. The van der Waals surface area contributed by atoms with E-state index in [1.807, 2.05) is 0 Å². The van der Waals surface area contributed by atoms with Crippen LogP contribution in [0.1, 0.15) is 13.8 Å². The molecule has 0 radical (unpaired) electrons. The van der Waals surface area contributed by atoms with E-state index < -0.39 is 61.4 Å². The molecule has 0 aromatic heterocycles. The molecule has 2 heterocycles. The van der Waals surface area contributed by atoms with Gasteiger partial charge in [-0.1, -0.05) is 0 Å². The zero-order chi connectivity index (χ0) is 21.3. The number of aliphatic hydroxyl groups excluding tert-OH is 5. The molecule has 2 aliphatic heterocycles. The number of benzene rings is 1. The first kappa shape index (κ1) is 22.2. The number of rotatable bonds is 5. The van der Waals surface area contributed by atoms with Gasteiger partial charge >= 0.3 is 0 Å². The van der Waals surface area contributed by atoms with Gasteiger partial charge in [0.1, 0.15) is 48.1 Å². The lowest BCUT2D eigenvalue weighted by Crippen LogP contribution is -2.63. The van der Waals surface area contributed by atoms with Gasteiger partial charge in [0.25, 0.3) is 0 Å². The Balaban J connectivity index is 1.64. The Hall–Kier alpha value is -1.50. The van der Waals surface area contributed by atoms with Crippen LogP contribution in [-0.4, -0.2) is 94.1 Å². The van der Waals surface area contributed by atoms with Crippen LogP contribution >= 0.6 is 0 Å². The van der Waals surface area contributed by atoms with Gasteiger partial charge in [-0.3, -0.25) is 0 Å². The minimum atomic E-state index is -1.54. The second-order valence-corrected chi connectivity index (χ2v) is 7.27. The molecule has 2 aliphatic rings. The lowest BCUT2D eigenvalue weighted by Gasteiger charge is -2.45. The van der Waals surface area contributed by atoms with E-state index in [0.29, 0.717) is 11.5 Å². The van der Waals surface area contributed by atoms with Crippen molar-refractivity contribution in [1.29, 1.82) is 0 Å². The van der Waals surface area contributed by atoms with E-state index in [1.54, 1.807) is 31.2 Å². The Morgan fingerprint density at radius 3 is 1.86 bits per heavy atom. The van der Waals surface area contributed by atoms with Gasteiger partial charge in [0.2, 0.25) is 6.29 Å². The van der Waals surface area contributed by atoms with Crippen LogP contribution in [0.25, 0.3) is 0 Å². The molecule has 0 unspecified atom stereocenters. The molecule has 29 heavy (non-hydrogen) atoms. The molecule has 164 valence electrons. The predicted molar refractivity (Wildman–Crippen MR) is 97.2 cm³/mol. The van der Waals surface area contributed by atoms with Crippen molar-refractivity contribution in [3.63, 3.8) is 0 Å². The standard InChI is InChI=1S/C19H28O10/c1-8-12(20)13(21)15(23)19(26-8)29-17-9(2)27-18(16(24)14(17)22)28-11-6-4-10(25-3)5-7-11/h4-9,12-24H,1-3H3/t8-,9-,12-,13+,14-,15+,16-,17+,18-,19-/m0/s1. The molecule has 0 bridgehead atoms. The van der Waals surface area contributed by atoms with Crippen LogP contribution < -0.4 is 9.47 Å². The summed E-state index contributed by atoms with van der Waals surface area (Å²) < 4.78 is 27.3. The molecule has 1 aromatic rings. The molecule has 10 heteroatoms. The summed E-state index contributed by atoms with van der Waals surface area (Å²) in [7, 11) is 1.54. The molecular formula is C19H28O10. The molecule has 10 atom stereocenters. The van der Waals surface area contributed by atoms with E-state index in [1.165, 1.54) is 14.0 Å². The zero-order valence-electron chi connectivity index (χ0n) is 16.4. The lowest BCUT2D eigenvalue weighted by atomic mass is 9.97. The van der Waals surface area contributed by atoms with Crippen molar-refractivity contribution >= 4 is 0 Å². The molecule has 3 rings (SSSR count). The second kappa shape index (κ2) is 9.11. The third-order valence-electron chi connectivity index (χ3n) is 5.19. The summed E-state index contributed by atoms with van der Waals surface area (Å²) in [5.74, 6) is 1.04. The third kappa shape index (κ3) is 4.65. The van der Waals surface area contributed by atoms with Gasteiger partial charge in [-0.25, -0.2) is 0 Å². The summed E-state index contributed by atoms with van der Waals surface area (Å²) in [6.07, 6.45) is -12.3. The first-order valence-electron chi connectivity index (χ1n) is 9.40. The van der Waals surface area contributed by atoms with E-state index in [4.69, 9.17) is 23.7 Å². The Bertz CT molecular complexity index is 655.